The van der Waals surface area contributed by atoms with Gasteiger partial charge < -0.3 is 20.1 Å². The van der Waals surface area contributed by atoms with Gasteiger partial charge in [-0.2, -0.15) is 0 Å². The highest BCUT2D eigenvalue weighted by atomic mass is 16.5. The molecule has 1 saturated carbocycles. The number of carboxylic acid groups (broad SMARTS) is 1. The topological polar surface area (TPSA) is 95.9 Å². The number of amides is 2. The molecule has 3 unspecified atom stereocenters. The molecule has 2 N–H and O–H groups in total. The van der Waals surface area contributed by atoms with Crippen LogP contribution in [0.3, 0.4) is 0 Å². The van der Waals surface area contributed by atoms with E-state index >= 15 is 0 Å². The third-order valence-corrected chi connectivity index (χ3v) is 3.85. The Morgan fingerprint density at radius 1 is 1.38 bits per heavy atom. The van der Waals surface area contributed by atoms with Gasteiger partial charge in [0.25, 0.3) is 0 Å². The standard InChI is InChI=1S/C14H24N2O5/c1-9(13(19)21-3)8-16(2)14(20)15-11-6-4-5-10(7-11)12(17)18/h9-11H,4-8H2,1-3H3,(H,15,20)(H,17,18). The van der Waals surface area contributed by atoms with Crippen LogP contribution < -0.4 is 5.32 Å². The van der Waals surface area contributed by atoms with Crippen LogP contribution in [0.5, 0.6) is 0 Å². The van der Waals surface area contributed by atoms with Gasteiger partial charge in [-0.05, 0) is 19.3 Å². The normalized spacial score (nSPS) is 23.0. The van der Waals surface area contributed by atoms with Crippen molar-refractivity contribution in [1.82, 2.24) is 10.2 Å². The van der Waals surface area contributed by atoms with Gasteiger partial charge in [-0.15, -0.1) is 0 Å². The number of methoxy groups -OCH3 is 1. The first-order chi connectivity index (χ1) is 9.85. The zero-order valence-electron chi connectivity index (χ0n) is 12.8. The van der Waals surface area contributed by atoms with Crippen molar-refractivity contribution in [2.24, 2.45) is 11.8 Å². The van der Waals surface area contributed by atoms with Crippen LogP contribution in [0.25, 0.3) is 0 Å². The molecule has 1 rings (SSSR count). The van der Waals surface area contributed by atoms with Crippen molar-refractivity contribution in [3.63, 3.8) is 0 Å². The van der Waals surface area contributed by atoms with Crippen molar-refractivity contribution in [2.75, 3.05) is 20.7 Å². The van der Waals surface area contributed by atoms with Gasteiger partial charge in [0.05, 0.1) is 18.9 Å². The fourth-order valence-corrected chi connectivity index (χ4v) is 2.60. The first-order valence-corrected chi connectivity index (χ1v) is 7.17. The summed E-state index contributed by atoms with van der Waals surface area (Å²) in [4.78, 5) is 35.8. The number of aliphatic carboxylic acids is 1. The molecule has 0 spiro atoms. The van der Waals surface area contributed by atoms with Crippen LogP contribution in [-0.2, 0) is 14.3 Å². The average molecular weight is 300 g/mol. The van der Waals surface area contributed by atoms with Gasteiger partial charge in [0.15, 0.2) is 0 Å². The summed E-state index contributed by atoms with van der Waals surface area (Å²) in [6.45, 7) is 1.95. The number of rotatable bonds is 5. The number of esters is 1. The lowest BCUT2D eigenvalue weighted by Crippen LogP contribution is -2.47. The lowest BCUT2D eigenvalue weighted by molar-refractivity contribution is -0.145. The smallest absolute Gasteiger partial charge is 0.317 e. The molecule has 0 bridgehead atoms. The lowest BCUT2D eigenvalue weighted by Gasteiger charge is -2.29. The second kappa shape index (κ2) is 7.85. The number of ether oxygens (including phenoxy) is 1. The van der Waals surface area contributed by atoms with Gasteiger partial charge in [0.1, 0.15) is 0 Å². The van der Waals surface area contributed by atoms with Crippen LogP contribution in [-0.4, -0.2) is 54.7 Å². The van der Waals surface area contributed by atoms with Gasteiger partial charge in [-0.25, -0.2) is 4.79 Å². The molecule has 1 aliphatic carbocycles. The first kappa shape index (κ1) is 17.3. The molecular formula is C14H24N2O5. The van der Waals surface area contributed by atoms with E-state index in [-0.39, 0.29) is 30.5 Å². The molecule has 1 fully saturated rings. The zero-order valence-corrected chi connectivity index (χ0v) is 12.8. The van der Waals surface area contributed by atoms with Crippen LogP contribution in [0.2, 0.25) is 0 Å². The number of nitrogens with one attached hydrogen (secondary N) is 1. The van der Waals surface area contributed by atoms with E-state index in [4.69, 9.17) is 5.11 Å². The van der Waals surface area contributed by atoms with Gasteiger partial charge >= 0.3 is 18.0 Å². The summed E-state index contributed by atoms with van der Waals surface area (Å²) in [5, 5.41) is 11.9. The first-order valence-electron chi connectivity index (χ1n) is 7.17. The molecule has 2 amide bonds. The van der Waals surface area contributed by atoms with E-state index in [0.29, 0.717) is 12.8 Å². The quantitative estimate of drug-likeness (QED) is 0.741. The Hall–Kier alpha value is -1.79. The summed E-state index contributed by atoms with van der Waals surface area (Å²) < 4.78 is 4.62. The number of urea groups is 1. The molecule has 0 saturated heterocycles. The Labute approximate surface area is 124 Å². The van der Waals surface area contributed by atoms with Gasteiger partial charge in [-0.3, -0.25) is 9.59 Å². The number of carbonyl (C=O) groups excluding carboxylic acids is 2. The molecule has 7 heteroatoms. The number of hydrogen-bond acceptors (Lipinski definition) is 4. The highest BCUT2D eigenvalue weighted by Gasteiger charge is 2.28. The Bertz CT molecular complexity index is 399. The Morgan fingerprint density at radius 3 is 2.62 bits per heavy atom. The monoisotopic (exact) mass is 300 g/mol. The summed E-state index contributed by atoms with van der Waals surface area (Å²) in [6.07, 6.45) is 2.71. The summed E-state index contributed by atoms with van der Waals surface area (Å²) in [7, 11) is 2.92. The largest absolute Gasteiger partial charge is 0.481 e. The zero-order chi connectivity index (χ0) is 16.0. The Balaban J connectivity index is 2.44. The average Bonchev–Trinajstić information content (AvgIpc) is 2.46. The third kappa shape index (κ3) is 5.24. The molecule has 7 nitrogen and oxygen atoms in total. The van der Waals surface area contributed by atoms with E-state index in [1.807, 2.05) is 0 Å². The molecule has 0 aromatic rings. The van der Waals surface area contributed by atoms with E-state index < -0.39 is 11.9 Å². The molecule has 0 aromatic carbocycles. The molecule has 120 valence electrons. The van der Waals surface area contributed by atoms with Crippen molar-refractivity contribution in [3.8, 4) is 0 Å². The predicted octanol–water partition coefficient (Wildman–Crippen LogP) is 1.08. The number of nitrogens with zero attached hydrogens (tertiary/aromatic N) is 1. The van der Waals surface area contributed by atoms with Crippen molar-refractivity contribution in [2.45, 2.75) is 38.6 Å². The van der Waals surface area contributed by atoms with E-state index in [9.17, 15) is 14.4 Å². The van der Waals surface area contributed by atoms with Crippen LogP contribution >= 0.6 is 0 Å². The molecule has 21 heavy (non-hydrogen) atoms. The van der Waals surface area contributed by atoms with E-state index in [2.05, 4.69) is 10.1 Å². The van der Waals surface area contributed by atoms with E-state index in [1.54, 1.807) is 14.0 Å². The molecule has 0 radical (unpaired) electrons. The SMILES string of the molecule is COC(=O)C(C)CN(C)C(=O)NC1CCCC(C(=O)O)C1. The van der Waals surface area contributed by atoms with Crippen molar-refractivity contribution in [3.05, 3.63) is 0 Å². The van der Waals surface area contributed by atoms with Crippen LogP contribution in [0.1, 0.15) is 32.6 Å². The second-order valence-corrected chi connectivity index (χ2v) is 5.65. The molecule has 0 aromatic heterocycles. The van der Waals surface area contributed by atoms with Crippen molar-refractivity contribution in [1.29, 1.82) is 0 Å². The highest BCUT2D eigenvalue weighted by Crippen LogP contribution is 2.24. The minimum atomic E-state index is -0.804. The fraction of sp³-hybridized carbons (Fsp3) is 0.786. The number of carboxylic acids is 1. The maximum absolute atomic E-state index is 12.0. The Kier molecular flexibility index (Phi) is 6.45. The molecule has 0 heterocycles. The number of carbonyl (C=O) groups is 3. The molecule has 1 aliphatic rings. The van der Waals surface area contributed by atoms with Crippen LogP contribution in [0, 0.1) is 11.8 Å². The van der Waals surface area contributed by atoms with Crippen LogP contribution in [0.15, 0.2) is 0 Å². The molecule has 0 aliphatic heterocycles. The maximum atomic E-state index is 12.0. The van der Waals surface area contributed by atoms with E-state index in [1.165, 1.54) is 12.0 Å². The second-order valence-electron chi connectivity index (χ2n) is 5.65. The Morgan fingerprint density at radius 2 is 2.05 bits per heavy atom. The van der Waals surface area contributed by atoms with Crippen LogP contribution in [0.4, 0.5) is 4.79 Å². The number of hydrogen-bond donors (Lipinski definition) is 2. The summed E-state index contributed by atoms with van der Waals surface area (Å²) in [6, 6.07) is -0.412. The third-order valence-electron chi connectivity index (χ3n) is 3.85. The fourth-order valence-electron chi connectivity index (χ4n) is 2.60. The predicted molar refractivity (Wildman–Crippen MR) is 75.7 cm³/mol. The van der Waals surface area contributed by atoms with Crippen molar-refractivity contribution < 1.29 is 24.2 Å². The summed E-state index contributed by atoms with van der Waals surface area (Å²) >= 11 is 0. The highest BCUT2D eigenvalue weighted by molar-refractivity contribution is 5.76. The minimum Gasteiger partial charge on any atom is -0.481 e. The summed E-state index contributed by atoms with van der Waals surface area (Å²) in [5.74, 6) is -1.95. The van der Waals surface area contributed by atoms with E-state index in [0.717, 1.165) is 12.8 Å². The molecular weight excluding hydrogens is 276 g/mol. The lowest BCUT2D eigenvalue weighted by atomic mass is 9.86. The minimum absolute atomic E-state index is 0.122. The van der Waals surface area contributed by atoms with Gasteiger partial charge in [0.2, 0.25) is 0 Å². The van der Waals surface area contributed by atoms with Crippen molar-refractivity contribution >= 4 is 18.0 Å². The van der Waals surface area contributed by atoms with Gasteiger partial charge in [-0.1, -0.05) is 13.3 Å². The summed E-state index contributed by atoms with van der Waals surface area (Å²) in [5.41, 5.74) is 0. The van der Waals surface area contributed by atoms with Gasteiger partial charge in [0, 0.05) is 19.6 Å². The maximum Gasteiger partial charge on any atom is 0.317 e. The molecule has 3 atom stereocenters.